The van der Waals surface area contributed by atoms with E-state index in [0.29, 0.717) is 0 Å². The van der Waals surface area contributed by atoms with Crippen LogP contribution in [0.5, 0.6) is 0 Å². The van der Waals surface area contributed by atoms with Gasteiger partial charge >= 0.3 is 19.8 Å². The second kappa shape index (κ2) is 30.6. The fraction of sp³-hybridized carbons (Fsp3) is 0. The third kappa shape index (κ3) is 20.6. The Labute approximate surface area is 88.0 Å². The molecule has 0 aliphatic carbocycles. The maximum atomic E-state index is 7.81. The molecule has 0 heterocycles. The molecule has 0 N–H and O–H groups in total. The first-order chi connectivity index (χ1) is 1.00. The number of hydrogen-bond donors (Lipinski definition) is 0. The average Bonchev–Trinajstić information content (AvgIpc) is 1.00. The van der Waals surface area contributed by atoms with Gasteiger partial charge in [0.25, 0.3) is 0 Å². The summed E-state index contributed by atoms with van der Waals surface area (Å²) in [7, 11) is 0. The van der Waals surface area contributed by atoms with E-state index in [2.05, 4.69) is 15.9 Å². The normalized spacial score (nSPS) is 1.20. The second-order valence-corrected chi connectivity index (χ2v) is 0. The molecule has 0 saturated carbocycles. The van der Waals surface area contributed by atoms with Crippen LogP contribution in [0.2, 0.25) is 0 Å². The van der Waals surface area contributed by atoms with Gasteiger partial charge in [-0.1, -0.05) is 0 Å². The van der Waals surface area contributed by atoms with Crippen molar-refractivity contribution in [2.45, 2.75) is 0 Å². The zero-order valence-electron chi connectivity index (χ0n) is 2.79. The third-order valence-corrected chi connectivity index (χ3v) is 0. The van der Waals surface area contributed by atoms with E-state index in [-0.39, 0.29) is 69.7 Å². The van der Waals surface area contributed by atoms with Crippen LogP contribution in [0.25, 0.3) is 0 Å². The van der Waals surface area contributed by atoms with Gasteiger partial charge < -0.3 is 0 Å². The third-order valence-electron chi connectivity index (χ3n) is 0. The molecular formula is CuMgMnNaO. The first-order valence-corrected chi connectivity index (χ1v) is 0.508. The zero-order valence-corrected chi connectivity index (χ0v) is 8.33. The monoisotopic (exact) mass is 181 g/mol. The van der Waals surface area contributed by atoms with Gasteiger partial charge in [0.15, 0.2) is 0 Å². The van der Waals surface area contributed by atoms with E-state index >= 15 is 0 Å². The summed E-state index contributed by atoms with van der Waals surface area (Å²) in [5, 5.41) is 0. The van der Waals surface area contributed by atoms with Crippen LogP contribution in [0.1, 0.15) is 0 Å². The van der Waals surface area contributed by atoms with Gasteiger partial charge in [0, 0.05) is 69.7 Å². The van der Waals surface area contributed by atoms with Crippen molar-refractivity contribution >= 4 is 52.6 Å². The van der Waals surface area contributed by atoms with E-state index in [0.717, 1.165) is 0 Å². The molecular weight excluding hydrogens is 182 g/mol. The molecule has 27 valence electrons. The fourth-order valence-electron chi connectivity index (χ4n) is 0. The Morgan fingerprint density at radius 1 is 1.20 bits per heavy atom. The van der Waals surface area contributed by atoms with Crippen molar-refractivity contribution < 1.29 is 36.8 Å². The van der Waals surface area contributed by atoms with Gasteiger partial charge in [0.2, 0.25) is 0 Å². The molecule has 0 aromatic rings. The second-order valence-electron chi connectivity index (χ2n) is 0. The van der Waals surface area contributed by atoms with E-state index in [1.165, 1.54) is 0 Å². The molecule has 0 saturated heterocycles. The van der Waals surface area contributed by atoms with Crippen LogP contribution in [0.4, 0.5) is 0 Å². The van der Waals surface area contributed by atoms with Crippen LogP contribution < -0.4 is 0 Å². The summed E-state index contributed by atoms with van der Waals surface area (Å²) in [5.41, 5.74) is 0. The Bertz CT molecular complexity index is 11.6. The Morgan fingerprint density at radius 3 is 1.20 bits per heavy atom. The molecule has 0 rings (SSSR count). The summed E-state index contributed by atoms with van der Waals surface area (Å²) in [5.74, 6) is 0. The van der Waals surface area contributed by atoms with Crippen LogP contribution in [0.15, 0.2) is 0 Å². The van der Waals surface area contributed by atoms with Gasteiger partial charge in [-0.3, -0.25) is 0 Å². The Hall–Kier alpha value is 2.61. The first-order valence-electron chi connectivity index (χ1n) is 0.123. The fourth-order valence-corrected chi connectivity index (χ4v) is 0. The summed E-state index contributed by atoms with van der Waals surface area (Å²) in [6, 6.07) is 0. The number of hydrogen-bond acceptors (Lipinski definition) is 1. The minimum atomic E-state index is 0. The molecule has 0 unspecified atom stereocenters. The van der Waals surface area contributed by atoms with Gasteiger partial charge in [-0.15, -0.1) is 0 Å². The van der Waals surface area contributed by atoms with Crippen LogP contribution in [-0.4, -0.2) is 52.6 Å². The van der Waals surface area contributed by atoms with Crippen LogP contribution in [0, 0.1) is 0 Å². The summed E-state index contributed by atoms with van der Waals surface area (Å²) in [4.78, 5) is 0. The molecule has 0 spiro atoms. The molecule has 0 bridgehead atoms. The summed E-state index contributed by atoms with van der Waals surface area (Å²) >= 11 is 2.94. The first kappa shape index (κ1) is 25.5. The van der Waals surface area contributed by atoms with Gasteiger partial charge in [0.05, 0.1) is 0 Å². The predicted octanol–water partition coefficient (Wildman–Crippen LogP) is -0.885. The van der Waals surface area contributed by atoms with E-state index < -0.39 is 0 Å². The van der Waals surface area contributed by atoms with Crippen molar-refractivity contribution in [3.8, 4) is 0 Å². The predicted molar refractivity (Wildman–Crippen MR) is 12.2 cm³/mol. The summed E-state index contributed by atoms with van der Waals surface area (Å²) in [6.45, 7) is 0. The van der Waals surface area contributed by atoms with Crippen molar-refractivity contribution in [1.82, 2.24) is 0 Å². The molecule has 0 amide bonds. The molecule has 1 nitrogen and oxygen atoms in total. The van der Waals surface area contributed by atoms with Crippen molar-refractivity contribution in [3.63, 3.8) is 0 Å². The topological polar surface area (TPSA) is 17.1 Å². The van der Waals surface area contributed by atoms with Gasteiger partial charge in [-0.2, -0.15) is 0 Å². The van der Waals surface area contributed by atoms with Crippen molar-refractivity contribution in [2.75, 3.05) is 0 Å². The molecule has 0 fully saturated rings. The van der Waals surface area contributed by atoms with E-state index in [9.17, 15) is 0 Å². The molecule has 5 heteroatoms. The van der Waals surface area contributed by atoms with E-state index in [1.54, 1.807) is 0 Å². The average molecular weight is 182 g/mol. The summed E-state index contributed by atoms with van der Waals surface area (Å²) < 4.78 is 7.81. The number of rotatable bonds is 0. The SMILES string of the molecule is [Mg].[Mn].[Na].[O]=[Cu]. The van der Waals surface area contributed by atoms with Gasteiger partial charge in [-0.05, 0) is 0 Å². The zero-order chi connectivity index (χ0) is 2.00. The Morgan fingerprint density at radius 2 is 1.20 bits per heavy atom. The van der Waals surface area contributed by atoms with Gasteiger partial charge in [0.1, 0.15) is 0 Å². The molecule has 0 aliphatic heterocycles. The van der Waals surface area contributed by atoms with Crippen LogP contribution in [0.3, 0.4) is 0 Å². The molecule has 4 radical (unpaired) electrons. The quantitative estimate of drug-likeness (QED) is 0.444. The maximum absolute atomic E-state index is 7.81. The Balaban J connectivity index is -0.00000000167. The Kier molecular flexibility index (Phi) is 156. The van der Waals surface area contributed by atoms with Crippen LogP contribution in [-0.2, 0) is 36.8 Å². The molecule has 0 aromatic heterocycles. The van der Waals surface area contributed by atoms with Crippen molar-refractivity contribution in [2.24, 2.45) is 0 Å². The van der Waals surface area contributed by atoms with Gasteiger partial charge in [-0.25, -0.2) is 0 Å². The molecule has 0 atom stereocenters. The molecule has 5 heavy (non-hydrogen) atoms. The van der Waals surface area contributed by atoms with Crippen molar-refractivity contribution in [1.29, 1.82) is 0 Å². The van der Waals surface area contributed by atoms with Crippen LogP contribution >= 0.6 is 0 Å². The molecule has 0 aromatic carbocycles. The van der Waals surface area contributed by atoms with E-state index in [4.69, 9.17) is 3.83 Å². The van der Waals surface area contributed by atoms with E-state index in [1.807, 2.05) is 0 Å². The summed E-state index contributed by atoms with van der Waals surface area (Å²) in [6.07, 6.45) is 0. The minimum absolute atomic E-state index is 0. The standard InChI is InChI=1S/Cu.Mg.Mn.Na.O. The van der Waals surface area contributed by atoms with Crippen molar-refractivity contribution in [3.05, 3.63) is 0 Å². The molecule has 0 aliphatic rings.